The van der Waals surface area contributed by atoms with Gasteiger partial charge in [0.05, 0.1) is 7.14 Å². The molecular weight excluding hydrogens is 542 g/mol. The van der Waals surface area contributed by atoms with Gasteiger partial charge in [-0.25, -0.2) is 0 Å². The van der Waals surface area contributed by atoms with E-state index in [0.717, 1.165) is 7.14 Å². The maximum Gasteiger partial charge on any atom is 0.318 e. The molecule has 2 aromatic rings. The maximum absolute atomic E-state index is 11.0. The van der Waals surface area contributed by atoms with Gasteiger partial charge in [-0.2, -0.15) is 0 Å². The highest BCUT2D eigenvalue weighted by molar-refractivity contribution is 14.1. The van der Waals surface area contributed by atoms with Gasteiger partial charge in [0.1, 0.15) is 11.5 Å². The van der Waals surface area contributed by atoms with Gasteiger partial charge in [0.15, 0.2) is 11.7 Å². The zero-order chi connectivity index (χ0) is 17.9. The molecule has 6 nitrogen and oxygen atoms in total. The van der Waals surface area contributed by atoms with E-state index in [4.69, 9.17) is 14.9 Å². The van der Waals surface area contributed by atoms with E-state index in [0.29, 0.717) is 17.1 Å². The third-order valence-corrected chi connectivity index (χ3v) is 4.75. The minimum atomic E-state index is -1.49. The molecule has 0 aliphatic rings. The number of phenols is 1. The largest absolute Gasteiger partial charge is 0.508 e. The number of rotatable bonds is 6. The van der Waals surface area contributed by atoms with Crippen molar-refractivity contribution in [3.63, 3.8) is 0 Å². The van der Waals surface area contributed by atoms with Crippen molar-refractivity contribution < 1.29 is 29.6 Å². The summed E-state index contributed by atoms with van der Waals surface area (Å²) < 4.78 is 7.26. The summed E-state index contributed by atoms with van der Waals surface area (Å²) in [7, 11) is 0. The lowest BCUT2D eigenvalue weighted by atomic mass is 9.99. The molecule has 0 amide bonds. The zero-order valence-corrected chi connectivity index (χ0v) is 16.4. The first-order valence-corrected chi connectivity index (χ1v) is 8.84. The maximum atomic E-state index is 11.0. The van der Waals surface area contributed by atoms with Crippen molar-refractivity contribution >= 4 is 57.1 Å². The van der Waals surface area contributed by atoms with Crippen molar-refractivity contribution in [2.24, 2.45) is 5.92 Å². The first kappa shape index (κ1) is 18.8. The Labute approximate surface area is 164 Å². The number of carbonyl (C=O) groups is 2. The van der Waals surface area contributed by atoms with Gasteiger partial charge in [0, 0.05) is 0 Å². The van der Waals surface area contributed by atoms with Crippen molar-refractivity contribution in [1.82, 2.24) is 0 Å². The number of aromatic hydroxyl groups is 1. The molecule has 0 heterocycles. The Balaban J connectivity index is 2.26. The van der Waals surface area contributed by atoms with Gasteiger partial charge in [0.25, 0.3) is 0 Å². The fraction of sp³-hybridized carbons (Fsp3) is 0.125. The van der Waals surface area contributed by atoms with Crippen LogP contribution in [0.5, 0.6) is 17.2 Å². The number of carboxylic acids is 2. The third-order valence-electron chi connectivity index (χ3n) is 3.15. The fourth-order valence-corrected chi connectivity index (χ4v) is 4.09. The molecular formula is C16H12I2O6. The SMILES string of the molecule is O=C(O)C(Cc1cc(I)c(Oc2ccc(O)cc2)c(I)c1)C(=O)O. The Morgan fingerprint density at radius 1 is 1.00 bits per heavy atom. The Morgan fingerprint density at radius 3 is 1.96 bits per heavy atom. The monoisotopic (exact) mass is 554 g/mol. The molecule has 0 fully saturated rings. The lowest BCUT2D eigenvalue weighted by molar-refractivity contribution is -0.154. The lowest BCUT2D eigenvalue weighted by Gasteiger charge is -2.13. The van der Waals surface area contributed by atoms with E-state index >= 15 is 0 Å². The van der Waals surface area contributed by atoms with Gasteiger partial charge in [-0.3, -0.25) is 9.59 Å². The topological polar surface area (TPSA) is 104 Å². The first-order valence-electron chi connectivity index (χ1n) is 6.68. The molecule has 0 aliphatic carbocycles. The van der Waals surface area contributed by atoms with Crippen LogP contribution in [0, 0.1) is 13.1 Å². The molecule has 0 bridgehead atoms. The van der Waals surface area contributed by atoms with Crippen LogP contribution in [0.4, 0.5) is 0 Å². The van der Waals surface area contributed by atoms with Gasteiger partial charge in [0.2, 0.25) is 0 Å². The molecule has 0 atom stereocenters. The van der Waals surface area contributed by atoms with Crippen LogP contribution in [0.1, 0.15) is 5.56 Å². The quantitative estimate of drug-likeness (QED) is 0.372. The van der Waals surface area contributed by atoms with Crippen LogP contribution >= 0.6 is 45.2 Å². The van der Waals surface area contributed by atoms with Crippen LogP contribution < -0.4 is 4.74 Å². The van der Waals surface area contributed by atoms with E-state index in [1.165, 1.54) is 12.1 Å². The van der Waals surface area contributed by atoms with Crippen LogP contribution in [0.15, 0.2) is 36.4 Å². The van der Waals surface area contributed by atoms with Crippen molar-refractivity contribution in [1.29, 1.82) is 0 Å². The lowest BCUT2D eigenvalue weighted by Crippen LogP contribution is -2.25. The third kappa shape index (κ3) is 4.72. The molecule has 126 valence electrons. The smallest absolute Gasteiger partial charge is 0.318 e. The molecule has 0 unspecified atom stereocenters. The predicted octanol–water partition coefficient (Wildman–Crippen LogP) is 3.72. The average molecular weight is 554 g/mol. The molecule has 0 spiro atoms. The highest BCUT2D eigenvalue weighted by atomic mass is 127. The zero-order valence-electron chi connectivity index (χ0n) is 12.1. The molecule has 0 aromatic heterocycles. The van der Waals surface area contributed by atoms with E-state index in [1.54, 1.807) is 24.3 Å². The summed E-state index contributed by atoms with van der Waals surface area (Å²) in [5, 5.41) is 27.3. The number of carboxylic acid groups (broad SMARTS) is 2. The number of hydrogen-bond donors (Lipinski definition) is 3. The summed E-state index contributed by atoms with van der Waals surface area (Å²) in [5.41, 5.74) is 0.608. The van der Waals surface area contributed by atoms with E-state index in [1.807, 2.05) is 0 Å². The van der Waals surface area contributed by atoms with Gasteiger partial charge < -0.3 is 20.1 Å². The fourth-order valence-electron chi connectivity index (χ4n) is 1.98. The second-order valence-electron chi connectivity index (χ2n) is 4.92. The molecule has 0 saturated heterocycles. The number of ether oxygens (including phenoxy) is 1. The van der Waals surface area contributed by atoms with Crippen LogP contribution in [0.3, 0.4) is 0 Å². The van der Waals surface area contributed by atoms with Crippen LogP contribution in [0.2, 0.25) is 0 Å². The summed E-state index contributed by atoms with van der Waals surface area (Å²) in [6, 6.07) is 9.68. The molecule has 0 aliphatic heterocycles. The highest BCUT2D eigenvalue weighted by Crippen LogP contribution is 2.34. The molecule has 8 heteroatoms. The summed E-state index contributed by atoms with van der Waals surface area (Å²) in [4.78, 5) is 22.0. The van der Waals surface area contributed by atoms with Crippen LogP contribution in [-0.2, 0) is 16.0 Å². The number of halogens is 2. The minimum Gasteiger partial charge on any atom is -0.508 e. The number of phenolic OH excluding ortho intramolecular Hbond substituents is 1. The number of aliphatic carboxylic acids is 2. The average Bonchev–Trinajstić information content (AvgIpc) is 2.49. The Morgan fingerprint density at radius 2 is 1.50 bits per heavy atom. The molecule has 3 N–H and O–H groups in total. The normalized spacial score (nSPS) is 10.6. The van der Waals surface area contributed by atoms with Gasteiger partial charge in [-0.1, -0.05) is 0 Å². The summed E-state index contributed by atoms with van der Waals surface area (Å²) in [5.74, 6) is -2.94. The second kappa shape index (κ2) is 8.01. The van der Waals surface area contributed by atoms with Gasteiger partial charge >= 0.3 is 11.9 Å². The van der Waals surface area contributed by atoms with E-state index in [9.17, 15) is 14.7 Å². The molecule has 2 rings (SSSR count). The molecule has 2 aromatic carbocycles. The Kier molecular flexibility index (Phi) is 6.27. The van der Waals surface area contributed by atoms with Crippen molar-refractivity contribution in [2.45, 2.75) is 6.42 Å². The van der Waals surface area contributed by atoms with Gasteiger partial charge in [-0.15, -0.1) is 0 Å². The van der Waals surface area contributed by atoms with Crippen molar-refractivity contribution in [3.8, 4) is 17.2 Å². The minimum absolute atomic E-state index is 0.101. The standard InChI is InChI=1S/C16H12I2O6/c17-12-6-8(5-11(15(20)21)16(22)23)7-13(18)14(12)24-10-3-1-9(19)2-4-10/h1-4,6-7,11,19H,5H2,(H,20,21)(H,22,23). The Bertz CT molecular complexity index is 736. The predicted molar refractivity (Wildman–Crippen MR) is 103 cm³/mol. The highest BCUT2D eigenvalue weighted by Gasteiger charge is 2.26. The van der Waals surface area contributed by atoms with E-state index in [-0.39, 0.29) is 12.2 Å². The van der Waals surface area contributed by atoms with Gasteiger partial charge in [-0.05, 0) is 93.6 Å². The number of benzene rings is 2. The van der Waals surface area contributed by atoms with E-state index in [2.05, 4.69) is 45.2 Å². The van der Waals surface area contributed by atoms with Crippen molar-refractivity contribution in [2.75, 3.05) is 0 Å². The Hall–Kier alpha value is -1.56. The van der Waals surface area contributed by atoms with E-state index < -0.39 is 17.9 Å². The van der Waals surface area contributed by atoms with Crippen molar-refractivity contribution in [3.05, 3.63) is 49.1 Å². The summed E-state index contributed by atoms with van der Waals surface area (Å²) >= 11 is 4.11. The van der Waals surface area contributed by atoms with Crippen LogP contribution in [0.25, 0.3) is 0 Å². The second-order valence-corrected chi connectivity index (χ2v) is 7.24. The van der Waals surface area contributed by atoms with Crippen LogP contribution in [-0.4, -0.2) is 27.3 Å². The first-order chi connectivity index (χ1) is 11.3. The molecule has 24 heavy (non-hydrogen) atoms. The summed E-state index contributed by atoms with van der Waals surface area (Å²) in [6.07, 6.45) is -0.101. The molecule has 0 radical (unpaired) electrons. The summed E-state index contributed by atoms with van der Waals surface area (Å²) in [6.45, 7) is 0. The molecule has 0 saturated carbocycles. The number of hydrogen-bond acceptors (Lipinski definition) is 4.